The van der Waals surface area contributed by atoms with E-state index in [9.17, 15) is 5.11 Å². The SMILES string of the molecule is CC(C)(C)NCC(O)Cn1c2ccc(Br)cc2c2cc(Br)cc(Br)c21. The number of hydrogen-bond donors (Lipinski definition) is 2. The van der Waals surface area contributed by atoms with Crippen LogP contribution in [0.15, 0.2) is 43.7 Å². The zero-order valence-electron chi connectivity index (χ0n) is 14.4. The number of aliphatic hydroxyl groups excluding tert-OH is 1. The van der Waals surface area contributed by atoms with E-state index in [2.05, 4.69) is 96.6 Å². The van der Waals surface area contributed by atoms with Crippen molar-refractivity contribution in [3.05, 3.63) is 43.7 Å². The molecule has 3 rings (SSSR count). The monoisotopic (exact) mass is 530 g/mol. The summed E-state index contributed by atoms with van der Waals surface area (Å²) in [5.74, 6) is 0. The third-order valence-corrected chi connectivity index (χ3v) is 5.65. The van der Waals surface area contributed by atoms with Gasteiger partial charge >= 0.3 is 0 Å². The Kier molecular flexibility index (Phi) is 5.66. The minimum absolute atomic E-state index is 0.0158. The number of nitrogens with one attached hydrogen (secondary N) is 1. The molecule has 1 unspecified atom stereocenters. The molecule has 3 aromatic rings. The molecular formula is C19H21Br3N2O. The number of hydrogen-bond acceptors (Lipinski definition) is 2. The van der Waals surface area contributed by atoms with Gasteiger partial charge in [-0.05, 0) is 67.0 Å². The molecule has 0 bridgehead atoms. The average Bonchev–Trinajstić information content (AvgIpc) is 2.78. The molecule has 134 valence electrons. The van der Waals surface area contributed by atoms with E-state index in [4.69, 9.17) is 0 Å². The van der Waals surface area contributed by atoms with Crippen LogP contribution in [0.5, 0.6) is 0 Å². The normalized spacial score (nSPS) is 13.7. The lowest BCUT2D eigenvalue weighted by atomic mass is 10.1. The molecule has 0 radical (unpaired) electrons. The molecule has 1 atom stereocenters. The molecule has 0 amide bonds. The average molecular weight is 533 g/mol. The standard InChI is InChI=1S/C19H21Br3N2O/c1-19(2,3)23-9-13(25)10-24-17-5-4-11(20)6-14(17)15-7-12(21)8-16(22)18(15)24/h4-8,13,23,25H,9-10H2,1-3H3. The molecule has 0 aliphatic carbocycles. The largest absolute Gasteiger partial charge is 0.390 e. The number of benzene rings is 2. The van der Waals surface area contributed by atoms with Gasteiger partial charge in [-0.1, -0.05) is 31.9 Å². The zero-order chi connectivity index (χ0) is 18.4. The number of nitrogens with zero attached hydrogens (tertiary/aromatic N) is 1. The van der Waals surface area contributed by atoms with Gasteiger partial charge in [-0.15, -0.1) is 0 Å². The lowest BCUT2D eigenvalue weighted by Gasteiger charge is -2.23. The number of rotatable bonds is 4. The van der Waals surface area contributed by atoms with Crippen LogP contribution >= 0.6 is 47.8 Å². The van der Waals surface area contributed by atoms with Gasteiger partial charge in [0.05, 0.1) is 18.2 Å². The van der Waals surface area contributed by atoms with Gasteiger partial charge in [0, 0.05) is 41.8 Å². The van der Waals surface area contributed by atoms with Crippen LogP contribution in [-0.2, 0) is 6.54 Å². The van der Waals surface area contributed by atoms with Gasteiger partial charge in [0.1, 0.15) is 0 Å². The highest BCUT2D eigenvalue weighted by molar-refractivity contribution is 9.11. The Balaban J connectivity index is 2.09. The summed E-state index contributed by atoms with van der Waals surface area (Å²) in [6, 6.07) is 10.5. The van der Waals surface area contributed by atoms with Gasteiger partial charge in [-0.3, -0.25) is 0 Å². The topological polar surface area (TPSA) is 37.2 Å². The van der Waals surface area contributed by atoms with Crippen molar-refractivity contribution in [2.75, 3.05) is 6.54 Å². The number of fused-ring (bicyclic) bond motifs is 3. The Morgan fingerprint density at radius 2 is 1.72 bits per heavy atom. The van der Waals surface area contributed by atoms with E-state index in [1.165, 1.54) is 5.39 Å². The maximum atomic E-state index is 10.6. The Morgan fingerprint density at radius 3 is 2.40 bits per heavy atom. The predicted octanol–water partition coefficient (Wildman–Crippen LogP) is 5.83. The first-order valence-electron chi connectivity index (χ1n) is 8.15. The van der Waals surface area contributed by atoms with E-state index >= 15 is 0 Å². The van der Waals surface area contributed by atoms with Crippen molar-refractivity contribution >= 4 is 69.6 Å². The van der Waals surface area contributed by atoms with Crippen molar-refractivity contribution in [1.82, 2.24) is 9.88 Å². The van der Waals surface area contributed by atoms with Crippen LogP contribution < -0.4 is 5.32 Å². The third kappa shape index (κ3) is 4.30. The molecule has 1 heterocycles. The fraction of sp³-hybridized carbons (Fsp3) is 0.368. The highest BCUT2D eigenvalue weighted by Gasteiger charge is 2.18. The molecule has 6 heteroatoms. The maximum absolute atomic E-state index is 10.6. The number of halogens is 3. The smallest absolute Gasteiger partial charge is 0.0843 e. The molecule has 2 N–H and O–H groups in total. The molecule has 0 aliphatic rings. The zero-order valence-corrected chi connectivity index (χ0v) is 19.2. The van der Waals surface area contributed by atoms with Crippen molar-refractivity contribution < 1.29 is 5.11 Å². The number of aliphatic hydroxyl groups is 1. The summed E-state index contributed by atoms with van der Waals surface area (Å²) in [4.78, 5) is 0. The predicted molar refractivity (Wildman–Crippen MR) is 116 cm³/mol. The van der Waals surface area contributed by atoms with Crippen LogP contribution in [0.3, 0.4) is 0 Å². The fourth-order valence-electron chi connectivity index (χ4n) is 3.01. The first-order chi connectivity index (χ1) is 11.7. The highest BCUT2D eigenvalue weighted by Crippen LogP contribution is 2.37. The van der Waals surface area contributed by atoms with Crippen molar-refractivity contribution in [2.24, 2.45) is 0 Å². The van der Waals surface area contributed by atoms with Gasteiger partial charge in [0.2, 0.25) is 0 Å². The number of aromatic nitrogens is 1. The minimum Gasteiger partial charge on any atom is -0.390 e. The maximum Gasteiger partial charge on any atom is 0.0843 e. The van der Waals surface area contributed by atoms with Crippen LogP contribution in [0, 0.1) is 0 Å². The molecular weight excluding hydrogens is 512 g/mol. The molecule has 2 aromatic carbocycles. The molecule has 0 spiro atoms. The molecule has 0 aliphatic heterocycles. The lowest BCUT2D eigenvalue weighted by Crippen LogP contribution is -2.42. The molecule has 0 saturated heterocycles. The van der Waals surface area contributed by atoms with Gasteiger partial charge in [0.25, 0.3) is 0 Å². The number of β-amino-alcohol motifs (C(OH)–C–C–N with tert-alkyl or cyclic N) is 1. The van der Waals surface area contributed by atoms with E-state index in [-0.39, 0.29) is 5.54 Å². The summed E-state index contributed by atoms with van der Waals surface area (Å²) < 4.78 is 5.29. The van der Waals surface area contributed by atoms with Crippen LogP contribution in [-0.4, -0.2) is 27.9 Å². The van der Waals surface area contributed by atoms with Crippen molar-refractivity contribution in [3.63, 3.8) is 0 Å². The minimum atomic E-state index is -0.475. The summed E-state index contributed by atoms with van der Waals surface area (Å²) in [6.07, 6.45) is -0.475. The Bertz CT molecular complexity index is 928. The van der Waals surface area contributed by atoms with Gasteiger partial charge < -0.3 is 15.0 Å². The van der Waals surface area contributed by atoms with Crippen molar-refractivity contribution in [3.8, 4) is 0 Å². The van der Waals surface area contributed by atoms with Crippen molar-refractivity contribution in [2.45, 2.75) is 39.0 Å². The van der Waals surface area contributed by atoms with Gasteiger partial charge in [0.15, 0.2) is 0 Å². The quantitative estimate of drug-likeness (QED) is 0.443. The molecule has 1 aromatic heterocycles. The fourth-order valence-corrected chi connectivity index (χ4v) is 4.81. The van der Waals surface area contributed by atoms with Crippen LogP contribution in [0.25, 0.3) is 21.8 Å². The summed E-state index contributed by atoms with van der Waals surface area (Å²) in [5, 5.41) is 16.3. The first-order valence-corrected chi connectivity index (χ1v) is 10.5. The second-order valence-corrected chi connectivity index (χ2v) is 10.0. The van der Waals surface area contributed by atoms with Crippen LogP contribution in [0.2, 0.25) is 0 Å². The molecule has 25 heavy (non-hydrogen) atoms. The second kappa shape index (κ2) is 7.31. The second-order valence-electron chi connectivity index (χ2n) is 7.34. The molecule has 0 saturated carbocycles. The van der Waals surface area contributed by atoms with E-state index in [1.807, 2.05) is 12.1 Å². The van der Waals surface area contributed by atoms with E-state index in [0.29, 0.717) is 13.1 Å². The first kappa shape index (κ1) is 19.4. The van der Waals surface area contributed by atoms with Gasteiger partial charge in [-0.2, -0.15) is 0 Å². The summed E-state index contributed by atoms with van der Waals surface area (Å²) >= 11 is 10.8. The van der Waals surface area contributed by atoms with Crippen LogP contribution in [0.4, 0.5) is 0 Å². The Hall–Kier alpha value is -0.400. The van der Waals surface area contributed by atoms with E-state index < -0.39 is 6.10 Å². The van der Waals surface area contributed by atoms with E-state index in [1.54, 1.807) is 0 Å². The Morgan fingerprint density at radius 1 is 1.04 bits per heavy atom. The molecule has 3 nitrogen and oxygen atoms in total. The van der Waals surface area contributed by atoms with Crippen molar-refractivity contribution in [1.29, 1.82) is 0 Å². The van der Waals surface area contributed by atoms with Gasteiger partial charge in [-0.25, -0.2) is 0 Å². The third-order valence-electron chi connectivity index (χ3n) is 4.10. The summed E-state index contributed by atoms with van der Waals surface area (Å²) in [5.41, 5.74) is 2.20. The lowest BCUT2D eigenvalue weighted by molar-refractivity contribution is 0.144. The highest BCUT2D eigenvalue weighted by atomic mass is 79.9. The molecule has 0 fully saturated rings. The summed E-state index contributed by atoms with van der Waals surface area (Å²) in [6.45, 7) is 7.39. The summed E-state index contributed by atoms with van der Waals surface area (Å²) in [7, 11) is 0. The van der Waals surface area contributed by atoms with E-state index in [0.717, 1.165) is 29.8 Å². The van der Waals surface area contributed by atoms with Crippen LogP contribution in [0.1, 0.15) is 20.8 Å². The Labute approximate surface area is 173 Å².